The van der Waals surface area contributed by atoms with Gasteiger partial charge in [0.25, 0.3) is 0 Å². The second kappa shape index (κ2) is 9.29. The molecule has 0 saturated heterocycles. The molecule has 5 heteroatoms. The van der Waals surface area contributed by atoms with Crippen molar-refractivity contribution in [2.75, 3.05) is 0 Å². The average molecular weight is 423 g/mol. The van der Waals surface area contributed by atoms with E-state index in [0.717, 1.165) is 12.0 Å². The molecule has 0 atom stereocenters. The van der Waals surface area contributed by atoms with Crippen LogP contribution in [0.2, 0.25) is 0 Å². The maximum atomic E-state index is 11.7. The summed E-state index contributed by atoms with van der Waals surface area (Å²) in [6.07, 6.45) is 1.10. The van der Waals surface area contributed by atoms with Crippen molar-refractivity contribution in [2.24, 2.45) is 0 Å². The van der Waals surface area contributed by atoms with Gasteiger partial charge in [-0.25, -0.2) is 4.79 Å². The maximum absolute atomic E-state index is 11.7. The Balaban J connectivity index is 1.64. The first-order valence-corrected chi connectivity index (χ1v) is 8.46. The summed E-state index contributed by atoms with van der Waals surface area (Å²) in [6, 6.07) is 17.5. The molecular weight excluding hydrogens is 405 g/mol. The van der Waals surface area contributed by atoms with E-state index in [9.17, 15) is 9.59 Å². The minimum absolute atomic E-state index is 0.155. The van der Waals surface area contributed by atoms with Gasteiger partial charge in [-0.05, 0) is 58.7 Å². The van der Waals surface area contributed by atoms with Gasteiger partial charge in [-0.15, -0.1) is 0 Å². The highest BCUT2D eigenvalue weighted by Crippen LogP contribution is 2.09. The number of benzene rings is 2. The summed E-state index contributed by atoms with van der Waals surface area (Å²) in [5.41, 5.74) is 2.07. The third-order valence-electron chi connectivity index (χ3n) is 3.24. The molecule has 0 aliphatic carbocycles. The van der Waals surface area contributed by atoms with E-state index >= 15 is 0 Å². The quantitative estimate of drug-likeness (QED) is 0.713. The zero-order valence-corrected chi connectivity index (χ0v) is 14.8. The maximum Gasteiger partial charge on any atom is 0.414 e. The van der Waals surface area contributed by atoms with Crippen molar-refractivity contribution in [1.29, 1.82) is 0 Å². The third kappa shape index (κ3) is 6.81. The van der Waals surface area contributed by atoms with Crippen molar-refractivity contribution < 1.29 is 14.3 Å². The summed E-state index contributed by atoms with van der Waals surface area (Å²) in [5, 5.41) is 2.24. The molecule has 2 aromatic carbocycles. The fourth-order valence-electron chi connectivity index (χ4n) is 2.04. The first-order chi connectivity index (χ1) is 11.1. The van der Waals surface area contributed by atoms with Crippen LogP contribution in [0, 0.1) is 3.57 Å². The van der Waals surface area contributed by atoms with Crippen molar-refractivity contribution in [2.45, 2.75) is 25.9 Å². The fourth-order valence-corrected chi connectivity index (χ4v) is 2.40. The Bertz CT molecular complexity index is 641. The number of nitrogens with one attached hydrogen (secondary N) is 1. The lowest BCUT2D eigenvalue weighted by Crippen LogP contribution is -2.30. The lowest BCUT2D eigenvalue weighted by Gasteiger charge is -2.06. The van der Waals surface area contributed by atoms with Crippen LogP contribution in [0.25, 0.3) is 0 Å². The van der Waals surface area contributed by atoms with Gasteiger partial charge in [0.2, 0.25) is 5.91 Å². The van der Waals surface area contributed by atoms with Crippen LogP contribution in [0.15, 0.2) is 54.6 Å². The molecule has 0 bridgehead atoms. The predicted octanol–water partition coefficient (Wildman–Crippen LogP) is 4.07. The van der Waals surface area contributed by atoms with Gasteiger partial charge in [0.05, 0.1) is 0 Å². The number of hydrogen-bond acceptors (Lipinski definition) is 3. The van der Waals surface area contributed by atoms with Crippen LogP contribution in [-0.4, -0.2) is 12.0 Å². The zero-order valence-electron chi connectivity index (χ0n) is 12.6. The van der Waals surface area contributed by atoms with Gasteiger partial charge < -0.3 is 4.74 Å². The van der Waals surface area contributed by atoms with Crippen LogP contribution in [0.3, 0.4) is 0 Å². The van der Waals surface area contributed by atoms with Crippen LogP contribution in [0.5, 0.6) is 0 Å². The second-order valence-corrected chi connectivity index (χ2v) is 6.34. The normalized spacial score (nSPS) is 10.1. The molecule has 0 heterocycles. The molecule has 120 valence electrons. The topological polar surface area (TPSA) is 55.4 Å². The highest BCUT2D eigenvalue weighted by Gasteiger charge is 2.08. The van der Waals surface area contributed by atoms with Crippen LogP contribution in [0.4, 0.5) is 4.79 Å². The Kier molecular flexibility index (Phi) is 7.06. The van der Waals surface area contributed by atoms with Gasteiger partial charge in [0.15, 0.2) is 0 Å². The fraction of sp³-hybridized carbons (Fsp3) is 0.222. The van der Waals surface area contributed by atoms with Crippen molar-refractivity contribution in [3.8, 4) is 0 Å². The van der Waals surface area contributed by atoms with Crippen LogP contribution >= 0.6 is 22.6 Å². The number of halogens is 1. The van der Waals surface area contributed by atoms with E-state index in [1.54, 1.807) is 0 Å². The van der Waals surface area contributed by atoms with Gasteiger partial charge >= 0.3 is 6.09 Å². The molecule has 0 spiro atoms. The smallest absolute Gasteiger partial charge is 0.414 e. The van der Waals surface area contributed by atoms with Gasteiger partial charge in [0, 0.05) is 9.99 Å². The molecule has 0 radical (unpaired) electrons. The Morgan fingerprint density at radius 2 is 1.65 bits per heavy atom. The molecule has 23 heavy (non-hydrogen) atoms. The molecule has 1 N–H and O–H groups in total. The molecule has 0 unspecified atom stereocenters. The molecule has 0 aliphatic heterocycles. The largest absolute Gasteiger partial charge is 0.444 e. The van der Waals surface area contributed by atoms with E-state index in [2.05, 4.69) is 27.9 Å². The standard InChI is InChI=1S/C18H18INO3/c19-16-11-9-14(10-12-16)7-4-8-17(21)20-18(22)23-13-15-5-2-1-3-6-15/h1-3,5-6,9-12H,4,7-8,13H2,(H,20,21,22). The highest BCUT2D eigenvalue weighted by atomic mass is 127. The van der Waals surface area contributed by atoms with E-state index in [4.69, 9.17) is 4.74 Å². The summed E-state index contributed by atoms with van der Waals surface area (Å²) in [7, 11) is 0. The number of alkyl carbamates (subject to hydrolysis) is 1. The van der Waals surface area contributed by atoms with E-state index in [1.165, 1.54) is 9.13 Å². The summed E-state index contributed by atoms with van der Waals surface area (Å²) in [4.78, 5) is 23.2. The molecule has 0 saturated carbocycles. The Hall–Kier alpha value is -1.89. The number of carbonyl (C=O) groups excluding carboxylic acids is 2. The number of rotatable bonds is 6. The van der Waals surface area contributed by atoms with Crippen LogP contribution in [-0.2, 0) is 22.6 Å². The molecule has 2 rings (SSSR count). The minimum Gasteiger partial charge on any atom is -0.444 e. The summed E-state index contributed by atoms with van der Waals surface area (Å²) in [5.74, 6) is -0.312. The lowest BCUT2D eigenvalue weighted by atomic mass is 10.1. The minimum atomic E-state index is -0.701. The second-order valence-electron chi connectivity index (χ2n) is 5.09. The first kappa shape index (κ1) is 17.5. The molecule has 0 aliphatic rings. The highest BCUT2D eigenvalue weighted by molar-refractivity contribution is 14.1. The number of carbonyl (C=O) groups is 2. The summed E-state index contributed by atoms with van der Waals surface area (Å²) >= 11 is 2.25. The van der Waals surface area contributed by atoms with E-state index in [-0.39, 0.29) is 12.5 Å². The third-order valence-corrected chi connectivity index (χ3v) is 3.96. The molecule has 0 aromatic heterocycles. The molecule has 2 aromatic rings. The predicted molar refractivity (Wildman–Crippen MR) is 96.9 cm³/mol. The van der Waals surface area contributed by atoms with Crippen LogP contribution in [0.1, 0.15) is 24.0 Å². The van der Waals surface area contributed by atoms with E-state index < -0.39 is 6.09 Å². The number of amides is 2. The molecular formula is C18H18INO3. The summed E-state index contributed by atoms with van der Waals surface area (Å²) < 4.78 is 6.19. The first-order valence-electron chi connectivity index (χ1n) is 7.38. The monoisotopic (exact) mass is 423 g/mol. The number of hydrogen-bond donors (Lipinski definition) is 1. The van der Waals surface area contributed by atoms with E-state index in [1.807, 2.05) is 54.6 Å². The van der Waals surface area contributed by atoms with Crippen molar-refractivity contribution in [3.05, 3.63) is 69.3 Å². The van der Waals surface area contributed by atoms with Crippen molar-refractivity contribution in [1.82, 2.24) is 5.32 Å². The molecule has 0 fully saturated rings. The number of aryl methyl sites for hydroxylation is 1. The Morgan fingerprint density at radius 3 is 2.35 bits per heavy atom. The lowest BCUT2D eigenvalue weighted by molar-refractivity contribution is -0.120. The van der Waals surface area contributed by atoms with Gasteiger partial charge in [-0.2, -0.15) is 0 Å². The molecule has 4 nitrogen and oxygen atoms in total. The van der Waals surface area contributed by atoms with Gasteiger partial charge in [-0.1, -0.05) is 42.5 Å². The average Bonchev–Trinajstić information content (AvgIpc) is 2.56. The number of ether oxygens (including phenoxy) is 1. The SMILES string of the molecule is O=C(CCCc1ccc(I)cc1)NC(=O)OCc1ccccc1. The van der Waals surface area contributed by atoms with Crippen molar-refractivity contribution in [3.63, 3.8) is 0 Å². The Morgan fingerprint density at radius 1 is 0.957 bits per heavy atom. The van der Waals surface area contributed by atoms with Gasteiger partial charge in [-0.3, -0.25) is 10.1 Å². The number of imide groups is 1. The van der Waals surface area contributed by atoms with Gasteiger partial charge in [0.1, 0.15) is 6.61 Å². The zero-order chi connectivity index (χ0) is 16.5. The molecule has 2 amide bonds. The Labute approximate surface area is 149 Å². The summed E-state index contributed by atoms with van der Waals surface area (Å²) in [6.45, 7) is 0.155. The van der Waals surface area contributed by atoms with E-state index in [0.29, 0.717) is 12.8 Å². The van der Waals surface area contributed by atoms with Crippen LogP contribution < -0.4 is 5.32 Å². The van der Waals surface area contributed by atoms with Crippen molar-refractivity contribution >= 4 is 34.6 Å².